The van der Waals surface area contributed by atoms with Gasteiger partial charge in [-0.05, 0) is 58.9 Å². The molecule has 0 bridgehead atoms. The van der Waals surface area contributed by atoms with E-state index >= 15 is 0 Å². The third-order valence-corrected chi connectivity index (χ3v) is 3.64. The highest BCUT2D eigenvalue weighted by molar-refractivity contribution is 5.80. The molecule has 2 N–H and O–H groups in total. The molecule has 1 fully saturated rings. The minimum absolute atomic E-state index is 0.0156. The van der Waals surface area contributed by atoms with E-state index in [0.717, 1.165) is 36.8 Å². The van der Waals surface area contributed by atoms with Crippen molar-refractivity contribution >= 4 is 5.96 Å². The number of guanidine groups is 1. The molecule has 5 heteroatoms. The van der Waals surface area contributed by atoms with Crippen molar-refractivity contribution in [3.8, 4) is 5.88 Å². The summed E-state index contributed by atoms with van der Waals surface area (Å²) < 4.78 is 5.89. The summed E-state index contributed by atoms with van der Waals surface area (Å²) in [5, 5.41) is 6.64. The van der Waals surface area contributed by atoms with E-state index in [4.69, 9.17) is 4.74 Å². The zero-order valence-corrected chi connectivity index (χ0v) is 14.9. The summed E-state index contributed by atoms with van der Waals surface area (Å²) >= 11 is 0. The lowest BCUT2D eigenvalue weighted by molar-refractivity contribution is 0.201. The van der Waals surface area contributed by atoms with E-state index in [-0.39, 0.29) is 5.54 Å². The first kappa shape index (κ1) is 17.6. The maximum Gasteiger partial charge on any atom is 0.213 e. The predicted octanol–water partition coefficient (Wildman–Crippen LogP) is 3.26. The number of hydrogen-bond donors (Lipinski definition) is 2. The molecule has 5 nitrogen and oxygen atoms in total. The van der Waals surface area contributed by atoms with Crippen LogP contribution in [0.3, 0.4) is 0 Å². The first-order valence-corrected chi connectivity index (χ1v) is 8.64. The van der Waals surface area contributed by atoms with Gasteiger partial charge in [0, 0.05) is 24.3 Å². The molecule has 1 aliphatic rings. The Hall–Kier alpha value is -1.78. The second-order valence-electron chi connectivity index (χ2n) is 7.10. The Morgan fingerprint density at radius 1 is 1.30 bits per heavy atom. The molecular formula is C18H30N4O. The van der Waals surface area contributed by atoms with Crippen LogP contribution in [-0.4, -0.2) is 29.1 Å². The summed E-state index contributed by atoms with van der Waals surface area (Å²) in [6.07, 6.45) is 7.05. The van der Waals surface area contributed by atoms with Gasteiger partial charge in [-0.2, -0.15) is 0 Å². The normalized spacial score (nSPS) is 16.4. The van der Waals surface area contributed by atoms with Gasteiger partial charge in [-0.3, -0.25) is 0 Å². The van der Waals surface area contributed by atoms with Crippen LogP contribution in [0.5, 0.6) is 5.88 Å². The number of aromatic nitrogens is 1. The molecule has 0 aromatic carbocycles. The second kappa shape index (κ2) is 8.18. The molecule has 0 atom stereocenters. The Balaban J connectivity index is 1.91. The Morgan fingerprint density at radius 3 is 2.61 bits per heavy atom. The number of pyridine rings is 1. The molecule has 1 aliphatic carbocycles. The summed E-state index contributed by atoms with van der Waals surface area (Å²) in [6.45, 7) is 9.87. The lowest BCUT2D eigenvalue weighted by Gasteiger charge is -2.23. The van der Waals surface area contributed by atoms with Crippen molar-refractivity contribution in [2.75, 3.05) is 6.54 Å². The number of rotatable bonds is 5. The van der Waals surface area contributed by atoms with Crippen LogP contribution < -0.4 is 15.4 Å². The van der Waals surface area contributed by atoms with Crippen LogP contribution in [0.15, 0.2) is 23.3 Å². The molecular weight excluding hydrogens is 288 g/mol. The monoisotopic (exact) mass is 318 g/mol. The Bertz CT molecular complexity index is 499. The number of hydrogen-bond acceptors (Lipinski definition) is 3. The van der Waals surface area contributed by atoms with Crippen molar-refractivity contribution in [1.82, 2.24) is 15.6 Å². The van der Waals surface area contributed by atoms with Crippen LogP contribution in [0, 0.1) is 0 Å². The molecule has 23 heavy (non-hydrogen) atoms. The Labute approximate surface area is 139 Å². The smallest absolute Gasteiger partial charge is 0.213 e. The lowest BCUT2D eigenvalue weighted by Crippen LogP contribution is -2.47. The zero-order valence-electron chi connectivity index (χ0n) is 14.9. The SMILES string of the molecule is CCNC(=NCc1ccc(OC2CCCC2)nc1)NC(C)(C)C. The fourth-order valence-corrected chi connectivity index (χ4v) is 2.58. The molecule has 1 heterocycles. The van der Waals surface area contributed by atoms with E-state index in [2.05, 4.69) is 48.3 Å². The molecule has 0 amide bonds. The fraction of sp³-hybridized carbons (Fsp3) is 0.667. The summed E-state index contributed by atoms with van der Waals surface area (Å²) in [7, 11) is 0. The average Bonchev–Trinajstić information content (AvgIpc) is 2.98. The van der Waals surface area contributed by atoms with Gasteiger partial charge in [0.2, 0.25) is 5.88 Å². The molecule has 2 rings (SSSR count). The number of nitrogens with one attached hydrogen (secondary N) is 2. The fourth-order valence-electron chi connectivity index (χ4n) is 2.58. The van der Waals surface area contributed by atoms with Gasteiger partial charge in [0.05, 0.1) is 6.54 Å². The quantitative estimate of drug-likeness (QED) is 0.646. The van der Waals surface area contributed by atoms with E-state index in [1.807, 2.05) is 18.3 Å². The summed E-state index contributed by atoms with van der Waals surface area (Å²) in [5.41, 5.74) is 1.06. The minimum atomic E-state index is -0.0156. The van der Waals surface area contributed by atoms with Gasteiger partial charge in [-0.1, -0.05) is 6.07 Å². The Morgan fingerprint density at radius 2 is 2.04 bits per heavy atom. The van der Waals surface area contributed by atoms with Crippen molar-refractivity contribution in [3.63, 3.8) is 0 Å². The highest BCUT2D eigenvalue weighted by Gasteiger charge is 2.16. The van der Waals surface area contributed by atoms with Crippen LogP contribution in [0.2, 0.25) is 0 Å². The van der Waals surface area contributed by atoms with E-state index in [1.54, 1.807) is 0 Å². The minimum Gasteiger partial charge on any atom is -0.474 e. The average molecular weight is 318 g/mol. The highest BCUT2D eigenvalue weighted by Crippen LogP contribution is 2.22. The van der Waals surface area contributed by atoms with E-state index in [0.29, 0.717) is 12.6 Å². The van der Waals surface area contributed by atoms with Crippen molar-refractivity contribution in [2.24, 2.45) is 4.99 Å². The van der Waals surface area contributed by atoms with E-state index in [9.17, 15) is 0 Å². The largest absolute Gasteiger partial charge is 0.474 e. The molecule has 0 spiro atoms. The van der Waals surface area contributed by atoms with Crippen molar-refractivity contribution in [3.05, 3.63) is 23.9 Å². The topological polar surface area (TPSA) is 58.5 Å². The third kappa shape index (κ3) is 6.47. The van der Waals surface area contributed by atoms with Gasteiger partial charge in [-0.25, -0.2) is 9.98 Å². The molecule has 1 aromatic heterocycles. The molecule has 0 saturated heterocycles. The maximum absolute atomic E-state index is 5.89. The van der Waals surface area contributed by atoms with Gasteiger partial charge in [0.25, 0.3) is 0 Å². The number of nitrogens with zero attached hydrogens (tertiary/aromatic N) is 2. The van der Waals surface area contributed by atoms with Gasteiger partial charge < -0.3 is 15.4 Å². The van der Waals surface area contributed by atoms with E-state index in [1.165, 1.54) is 12.8 Å². The summed E-state index contributed by atoms with van der Waals surface area (Å²) in [6, 6.07) is 3.99. The standard InChI is InChI=1S/C18H30N4O/c1-5-19-17(22-18(2,3)4)21-13-14-10-11-16(20-12-14)23-15-8-6-7-9-15/h10-12,15H,5-9,13H2,1-4H3,(H2,19,21,22). The first-order valence-electron chi connectivity index (χ1n) is 8.64. The van der Waals surface area contributed by atoms with Crippen LogP contribution in [0.4, 0.5) is 0 Å². The van der Waals surface area contributed by atoms with Gasteiger partial charge >= 0.3 is 0 Å². The maximum atomic E-state index is 5.89. The van der Waals surface area contributed by atoms with E-state index < -0.39 is 0 Å². The van der Waals surface area contributed by atoms with Crippen LogP contribution in [0.1, 0.15) is 58.9 Å². The first-order chi connectivity index (χ1) is 11.0. The van der Waals surface area contributed by atoms with Crippen molar-refractivity contribution in [1.29, 1.82) is 0 Å². The molecule has 1 saturated carbocycles. The lowest BCUT2D eigenvalue weighted by atomic mass is 10.1. The molecule has 0 radical (unpaired) electrons. The zero-order chi connectivity index (χ0) is 16.7. The summed E-state index contributed by atoms with van der Waals surface area (Å²) in [5.74, 6) is 1.55. The molecule has 0 aliphatic heterocycles. The molecule has 0 unspecified atom stereocenters. The van der Waals surface area contributed by atoms with Crippen molar-refractivity contribution < 1.29 is 4.74 Å². The third-order valence-electron chi connectivity index (χ3n) is 3.64. The van der Waals surface area contributed by atoms with Gasteiger partial charge in [-0.15, -0.1) is 0 Å². The molecule has 128 valence electrons. The van der Waals surface area contributed by atoms with Crippen molar-refractivity contribution in [2.45, 2.75) is 71.6 Å². The Kier molecular flexibility index (Phi) is 6.25. The predicted molar refractivity (Wildman–Crippen MR) is 94.8 cm³/mol. The molecule has 1 aromatic rings. The van der Waals surface area contributed by atoms with Crippen LogP contribution in [0.25, 0.3) is 0 Å². The number of ether oxygens (including phenoxy) is 1. The number of aliphatic imine (C=N–C) groups is 1. The van der Waals surface area contributed by atoms with Crippen LogP contribution in [-0.2, 0) is 6.54 Å². The van der Waals surface area contributed by atoms with Gasteiger partial charge in [0.1, 0.15) is 6.10 Å². The van der Waals surface area contributed by atoms with Crippen LogP contribution >= 0.6 is 0 Å². The second-order valence-corrected chi connectivity index (χ2v) is 7.10. The van der Waals surface area contributed by atoms with Gasteiger partial charge in [0.15, 0.2) is 5.96 Å². The highest BCUT2D eigenvalue weighted by atomic mass is 16.5. The summed E-state index contributed by atoms with van der Waals surface area (Å²) in [4.78, 5) is 9.02.